The van der Waals surface area contributed by atoms with Crippen LogP contribution in [-0.2, 0) is 0 Å². The SMILES string of the molecule is COc1cccc(NC(=S)c2ccc(O)cc2O)c1. The van der Waals surface area contributed by atoms with Crippen molar-refractivity contribution in [1.29, 1.82) is 0 Å². The van der Waals surface area contributed by atoms with E-state index in [1.54, 1.807) is 19.2 Å². The molecule has 2 aromatic carbocycles. The number of hydrogen-bond donors (Lipinski definition) is 3. The van der Waals surface area contributed by atoms with Crippen molar-refractivity contribution in [3.8, 4) is 17.2 Å². The molecule has 0 aliphatic rings. The largest absolute Gasteiger partial charge is 0.508 e. The second kappa shape index (κ2) is 5.58. The summed E-state index contributed by atoms with van der Waals surface area (Å²) in [4.78, 5) is 0.366. The molecular weight excluding hydrogens is 262 g/mol. The van der Waals surface area contributed by atoms with Crippen molar-refractivity contribution < 1.29 is 14.9 Å². The highest BCUT2D eigenvalue weighted by molar-refractivity contribution is 7.81. The molecule has 0 radical (unpaired) electrons. The molecule has 2 rings (SSSR count). The Labute approximate surface area is 116 Å². The molecule has 0 unspecified atom stereocenters. The molecule has 4 nitrogen and oxygen atoms in total. The van der Waals surface area contributed by atoms with Crippen LogP contribution in [0.25, 0.3) is 0 Å². The maximum absolute atomic E-state index is 9.73. The van der Waals surface area contributed by atoms with Gasteiger partial charge >= 0.3 is 0 Å². The summed E-state index contributed by atoms with van der Waals surface area (Å²) in [6.45, 7) is 0. The van der Waals surface area contributed by atoms with E-state index < -0.39 is 0 Å². The van der Waals surface area contributed by atoms with E-state index in [0.717, 1.165) is 5.69 Å². The number of methoxy groups -OCH3 is 1. The highest BCUT2D eigenvalue weighted by Gasteiger charge is 2.08. The van der Waals surface area contributed by atoms with Gasteiger partial charge in [-0.3, -0.25) is 0 Å². The Kier molecular flexibility index (Phi) is 3.87. The van der Waals surface area contributed by atoms with Gasteiger partial charge in [-0.2, -0.15) is 0 Å². The van der Waals surface area contributed by atoms with Crippen LogP contribution in [-0.4, -0.2) is 22.3 Å². The van der Waals surface area contributed by atoms with Gasteiger partial charge in [-0.1, -0.05) is 18.3 Å². The molecule has 0 aromatic heterocycles. The van der Waals surface area contributed by atoms with Gasteiger partial charge in [0.25, 0.3) is 0 Å². The van der Waals surface area contributed by atoms with Crippen LogP contribution in [0, 0.1) is 0 Å². The van der Waals surface area contributed by atoms with Crippen molar-refractivity contribution in [2.75, 3.05) is 12.4 Å². The molecule has 3 N–H and O–H groups in total. The van der Waals surface area contributed by atoms with E-state index in [4.69, 9.17) is 17.0 Å². The Bertz CT molecular complexity index is 613. The van der Waals surface area contributed by atoms with Crippen molar-refractivity contribution >= 4 is 22.9 Å². The van der Waals surface area contributed by atoms with Crippen LogP contribution in [0.5, 0.6) is 17.2 Å². The summed E-state index contributed by atoms with van der Waals surface area (Å²) in [5, 5.41) is 22.0. The molecule has 0 saturated carbocycles. The van der Waals surface area contributed by atoms with Crippen LogP contribution < -0.4 is 10.1 Å². The lowest BCUT2D eigenvalue weighted by Gasteiger charge is -2.10. The predicted octanol–water partition coefficient (Wildman–Crippen LogP) is 2.89. The summed E-state index contributed by atoms with van der Waals surface area (Å²) >= 11 is 5.22. The summed E-state index contributed by atoms with van der Waals surface area (Å²) in [6, 6.07) is 11.6. The minimum Gasteiger partial charge on any atom is -0.508 e. The highest BCUT2D eigenvalue weighted by atomic mass is 32.1. The van der Waals surface area contributed by atoms with E-state index in [9.17, 15) is 10.2 Å². The number of thiocarbonyl (C=S) groups is 1. The van der Waals surface area contributed by atoms with Crippen LogP contribution in [0.3, 0.4) is 0 Å². The Balaban J connectivity index is 2.20. The summed E-state index contributed by atoms with van der Waals surface area (Å²) in [7, 11) is 1.59. The summed E-state index contributed by atoms with van der Waals surface area (Å²) < 4.78 is 5.12. The maximum Gasteiger partial charge on any atom is 0.129 e. The van der Waals surface area contributed by atoms with Crippen molar-refractivity contribution in [3.63, 3.8) is 0 Å². The van der Waals surface area contributed by atoms with E-state index in [2.05, 4.69) is 5.32 Å². The quantitative estimate of drug-likeness (QED) is 0.752. The molecule has 19 heavy (non-hydrogen) atoms. The standard InChI is InChI=1S/C14H13NO3S/c1-18-11-4-2-3-9(7-11)15-14(19)12-6-5-10(16)8-13(12)17/h2-8,16-17H,1H3,(H,15,19). The number of aromatic hydroxyl groups is 2. The molecule has 0 spiro atoms. The first-order valence-corrected chi connectivity index (χ1v) is 5.98. The minimum atomic E-state index is -0.0691. The van der Waals surface area contributed by atoms with Crippen LogP contribution in [0.2, 0.25) is 0 Å². The Morgan fingerprint density at radius 1 is 1.16 bits per heavy atom. The van der Waals surface area contributed by atoms with Gasteiger partial charge in [0.05, 0.1) is 12.7 Å². The van der Waals surface area contributed by atoms with Gasteiger partial charge in [0.2, 0.25) is 0 Å². The zero-order chi connectivity index (χ0) is 13.8. The Morgan fingerprint density at radius 3 is 2.63 bits per heavy atom. The number of rotatable bonds is 3. The number of ether oxygens (including phenoxy) is 1. The fourth-order valence-electron chi connectivity index (χ4n) is 1.61. The average molecular weight is 275 g/mol. The predicted molar refractivity (Wildman–Crippen MR) is 78.1 cm³/mol. The minimum absolute atomic E-state index is 0.00886. The van der Waals surface area contributed by atoms with Crippen molar-refractivity contribution in [3.05, 3.63) is 48.0 Å². The number of anilines is 1. The van der Waals surface area contributed by atoms with Crippen molar-refractivity contribution in [2.24, 2.45) is 0 Å². The second-order valence-corrected chi connectivity index (χ2v) is 4.30. The third-order valence-corrected chi connectivity index (χ3v) is 2.88. The first kappa shape index (κ1) is 13.2. The van der Waals surface area contributed by atoms with Gasteiger partial charge in [0.15, 0.2) is 0 Å². The third-order valence-electron chi connectivity index (χ3n) is 2.55. The molecule has 0 heterocycles. The Morgan fingerprint density at radius 2 is 1.95 bits per heavy atom. The molecule has 0 atom stereocenters. The van der Waals surface area contributed by atoms with Crippen LogP contribution in [0.1, 0.15) is 5.56 Å². The van der Waals surface area contributed by atoms with Gasteiger partial charge in [0, 0.05) is 17.8 Å². The van der Waals surface area contributed by atoms with Gasteiger partial charge in [-0.05, 0) is 24.3 Å². The molecule has 0 saturated heterocycles. The van der Waals surface area contributed by atoms with Gasteiger partial charge in [-0.15, -0.1) is 0 Å². The third kappa shape index (κ3) is 3.14. The molecular formula is C14H13NO3S. The van der Waals surface area contributed by atoms with Gasteiger partial charge < -0.3 is 20.3 Å². The van der Waals surface area contributed by atoms with E-state index in [1.165, 1.54) is 12.1 Å². The van der Waals surface area contributed by atoms with E-state index in [-0.39, 0.29) is 11.5 Å². The molecule has 5 heteroatoms. The van der Waals surface area contributed by atoms with E-state index >= 15 is 0 Å². The molecule has 0 aliphatic carbocycles. The lowest BCUT2D eigenvalue weighted by atomic mass is 10.2. The summed E-state index contributed by atoms with van der Waals surface area (Å²) in [5.74, 6) is 0.633. The molecule has 0 aliphatic heterocycles. The van der Waals surface area contributed by atoms with Crippen molar-refractivity contribution in [1.82, 2.24) is 0 Å². The first-order chi connectivity index (χ1) is 9.10. The first-order valence-electron chi connectivity index (χ1n) is 5.57. The number of phenols is 2. The van der Waals surface area contributed by atoms with E-state index in [1.807, 2.05) is 18.2 Å². The highest BCUT2D eigenvalue weighted by Crippen LogP contribution is 2.24. The fourth-order valence-corrected chi connectivity index (χ4v) is 1.90. The average Bonchev–Trinajstić information content (AvgIpc) is 2.38. The number of nitrogens with one attached hydrogen (secondary N) is 1. The van der Waals surface area contributed by atoms with Crippen LogP contribution in [0.15, 0.2) is 42.5 Å². The number of hydrogen-bond acceptors (Lipinski definition) is 4. The maximum atomic E-state index is 9.73. The monoisotopic (exact) mass is 275 g/mol. The van der Waals surface area contributed by atoms with Gasteiger partial charge in [-0.25, -0.2) is 0 Å². The molecule has 0 fully saturated rings. The topological polar surface area (TPSA) is 61.7 Å². The fraction of sp³-hybridized carbons (Fsp3) is 0.0714. The molecule has 0 amide bonds. The normalized spacial score (nSPS) is 9.95. The van der Waals surface area contributed by atoms with E-state index in [0.29, 0.717) is 16.3 Å². The molecule has 98 valence electrons. The van der Waals surface area contributed by atoms with Crippen LogP contribution >= 0.6 is 12.2 Å². The van der Waals surface area contributed by atoms with Gasteiger partial charge in [0.1, 0.15) is 22.2 Å². The molecule has 2 aromatic rings. The Hall–Kier alpha value is -2.27. The lowest BCUT2D eigenvalue weighted by molar-refractivity contribution is 0.415. The summed E-state index contributed by atoms with van der Waals surface area (Å²) in [5.41, 5.74) is 1.22. The van der Waals surface area contributed by atoms with Crippen molar-refractivity contribution in [2.45, 2.75) is 0 Å². The zero-order valence-electron chi connectivity index (χ0n) is 10.3. The summed E-state index contributed by atoms with van der Waals surface area (Å²) in [6.07, 6.45) is 0. The lowest BCUT2D eigenvalue weighted by Crippen LogP contribution is -2.10. The van der Waals surface area contributed by atoms with Crippen LogP contribution in [0.4, 0.5) is 5.69 Å². The smallest absolute Gasteiger partial charge is 0.129 e. The zero-order valence-corrected chi connectivity index (χ0v) is 11.1. The second-order valence-electron chi connectivity index (χ2n) is 3.89. The number of phenolic OH excluding ortho intramolecular Hbond substituents is 2. The molecule has 0 bridgehead atoms. The number of benzene rings is 2.